The van der Waals surface area contributed by atoms with Crippen LogP contribution in [0.4, 0.5) is 13.2 Å². The summed E-state index contributed by atoms with van der Waals surface area (Å²) < 4.78 is 39.3. The molecular formula is C15H20F3N. The molecule has 2 N–H and O–H groups in total. The van der Waals surface area contributed by atoms with Gasteiger partial charge in [0.25, 0.3) is 0 Å². The van der Waals surface area contributed by atoms with Crippen molar-refractivity contribution < 1.29 is 13.2 Å². The fourth-order valence-electron chi connectivity index (χ4n) is 3.19. The van der Waals surface area contributed by atoms with E-state index in [2.05, 4.69) is 0 Å². The van der Waals surface area contributed by atoms with Crippen molar-refractivity contribution in [2.24, 2.45) is 17.6 Å². The van der Waals surface area contributed by atoms with Gasteiger partial charge >= 0.3 is 6.18 Å². The van der Waals surface area contributed by atoms with Gasteiger partial charge in [-0.3, -0.25) is 0 Å². The maximum Gasteiger partial charge on any atom is 0.392 e. The number of hydrogen-bond donors (Lipinski definition) is 1. The van der Waals surface area contributed by atoms with Crippen LogP contribution in [0.1, 0.15) is 42.9 Å². The third kappa shape index (κ3) is 3.11. The van der Waals surface area contributed by atoms with Crippen LogP contribution in [0.3, 0.4) is 0 Å². The number of nitrogens with two attached hydrogens (primary N) is 1. The van der Waals surface area contributed by atoms with Gasteiger partial charge in [0.15, 0.2) is 0 Å². The molecule has 4 heteroatoms. The summed E-state index contributed by atoms with van der Waals surface area (Å²) >= 11 is 0. The van der Waals surface area contributed by atoms with Crippen molar-refractivity contribution >= 4 is 0 Å². The van der Waals surface area contributed by atoms with Crippen LogP contribution in [0.2, 0.25) is 0 Å². The van der Waals surface area contributed by atoms with E-state index in [1.165, 1.54) is 0 Å². The molecule has 1 nitrogen and oxygen atoms in total. The predicted octanol–water partition coefficient (Wildman–Crippen LogP) is 4.36. The normalized spacial score (nSPS) is 26.2. The molecule has 106 valence electrons. The predicted molar refractivity (Wildman–Crippen MR) is 69.6 cm³/mol. The Labute approximate surface area is 112 Å². The van der Waals surface area contributed by atoms with Crippen molar-refractivity contribution in [3.05, 3.63) is 35.4 Å². The fraction of sp³-hybridized carbons (Fsp3) is 0.600. The summed E-state index contributed by atoms with van der Waals surface area (Å²) in [7, 11) is 0. The van der Waals surface area contributed by atoms with Crippen LogP contribution in [-0.2, 0) is 0 Å². The Kier molecular flexibility index (Phi) is 4.19. The molecular weight excluding hydrogens is 251 g/mol. The van der Waals surface area contributed by atoms with Crippen LogP contribution in [0, 0.1) is 18.8 Å². The molecule has 0 bridgehead atoms. The Morgan fingerprint density at radius 2 is 1.79 bits per heavy atom. The molecule has 0 saturated heterocycles. The monoisotopic (exact) mass is 271 g/mol. The maximum absolute atomic E-state index is 13.1. The highest BCUT2D eigenvalue weighted by Gasteiger charge is 2.47. The summed E-state index contributed by atoms with van der Waals surface area (Å²) in [5, 5.41) is 0. The van der Waals surface area contributed by atoms with Gasteiger partial charge in [-0.1, -0.05) is 37.1 Å². The van der Waals surface area contributed by atoms with Crippen molar-refractivity contribution in [3.8, 4) is 0 Å². The van der Waals surface area contributed by atoms with E-state index in [-0.39, 0.29) is 6.42 Å². The lowest BCUT2D eigenvalue weighted by Crippen LogP contribution is -2.39. The summed E-state index contributed by atoms with van der Waals surface area (Å²) in [6.45, 7) is 1.90. The first-order valence-electron chi connectivity index (χ1n) is 6.79. The molecule has 1 aliphatic rings. The van der Waals surface area contributed by atoms with Crippen molar-refractivity contribution in [1.29, 1.82) is 0 Å². The Morgan fingerprint density at radius 3 is 2.42 bits per heavy atom. The zero-order valence-electron chi connectivity index (χ0n) is 11.1. The summed E-state index contributed by atoms with van der Waals surface area (Å²) in [6.07, 6.45) is -1.85. The number of hydrogen-bond acceptors (Lipinski definition) is 1. The molecule has 0 amide bonds. The highest BCUT2D eigenvalue weighted by atomic mass is 19.4. The Hall–Kier alpha value is -1.03. The number of aryl methyl sites for hydroxylation is 1. The van der Waals surface area contributed by atoms with Crippen LogP contribution in [0.15, 0.2) is 24.3 Å². The van der Waals surface area contributed by atoms with Crippen LogP contribution in [-0.4, -0.2) is 6.18 Å². The summed E-state index contributed by atoms with van der Waals surface area (Å²) in [5.74, 6) is -1.74. The Balaban J connectivity index is 2.25. The van der Waals surface area contributed by atoms with Gasteiger partial charge in [-0.15, -0.1) is 0 Å². The lowest BCUT2D eigenvalue weighted by molar-refractivity contribution is -0.198. The van der Waals surface area contributed by atoms with Crippen molar-refractivity contribution in [1.82, 2.24) is 0 Å². The van der Waals surface area contributed by atoms with Gasteiger partial charge in [-0.2, -0.15) is 13.2 Å². The largest absolute Gasteiger partial charge is 0.392 e. The van der Waals surface area contributed by atoms with Crippen LogP contribution < -0.4 is 5.73 Å². The first-order chi connectivity index (χ1) is 8.91. The molecule has 19 heavy (non-hydrogen) atoms. The van der Waals surface area contributed by atoms with Gasteiger partial charge in [-0.25, -0.2) is 0 Å². The Morgan fingerprint density at radius 1 is 1.16 bits per heavy atom. The molecule has 3 atom stereocenters. The number of rotatable bonds is 2. The molecule has 1 aliphatic carbocycles. The second-order valence-corrected chi connectivity index (χ2v) is 5.48. The smallest absolute Gasteiger partial charge is 0.324 e. The minimum absolute atomic E-state index is 0.216. The van der Waals surface area contributed by atoms with E-state index in [4.69, 9.17) is 5.73 Å². The molecule has 3 unspecified atom stereocenters. The average molecular weight is 271 g/mol. The van der Waals surface area contributed by atoms with Crippen molar-refractivity contribution in [2.45, 2.75) is 44.8 Å². The third-order valence-electron chi connectivity index (χ3n) is 4.25. The zero-order valence-corrected chi connectivity index (χ0v) is 11.1. The first kappa shape index (κ1) is 14.4. The standard InChI is InChI=1S/C15H20F3N/c1-10-6-2-3-7-11(10)14(19)12-8-4-5-9-13(12)15(16,17)18/h2-3,6-7,12-14H,4-5,8-9,19H2,1H3. The summed E-state index contributed by atoms with van der Waals surface area (Å²) in [4.78, 5) is 0. The maximum atomic E-state index is 13.1. The lowest BCUT2D eigenvalue weighted by atomic mass is 9.73. The van der Waals surface area contributed by atoms with E-state index in [1.54, 1.807) is 0 Å². The lowest BCUT2D eigenvalue weighted by Gasteiger charge is -2.37. The molecule has 1 aromatic carbocycles. The topological polar surface area (TPSA) is 26.0 Å². The zero-order chi connectivity index (χ0) is 14.0. The molecule has 1 aromatic rings. The van der Waals surface area contributed by atoms with Crippen LogP contribution in [0.5, 0.6) is 0 Å². The fourth-order valence-corrected chi connectivity index (χ4v) is 3.19. The number of halogens is 3. The second kappa shape index (κ2) is 5.53. The van der Waals surface area contributed by atoms with Crippen molar-refractivity contribution in [3.63, 3.8) is 0 Å². The van der Waals surface area contributed by atoms with Crippen molar-refractivity contribution in [2.75, 3.05) is 0 Å². The number of benzene rings is 1. The molecule has 0 heterocycles. The van der Waals surface area contributed by atoms with E-state index in [0.717, 1.165) is 17.5 Å². The van der Waals surface area contributed by atoms with Gasteiger partial charge in [0.05, 0.1) is 5.92 Å². The quantitative estimate of drug-likeness (QED) is 0.849. The SMILES string of the molecule is Cc1ccccc1C(N)C1CCCCC1C(F)(F)F. The van der Waals surface area contributed by atoms with E-state index in [1.807, 2.05) is 31.2 Å². The number of alkyl halides is 3. The molecule has 0 aliphatic heterocycles. The summed E-state index contributed by atoms with van der Waals surface area (Å²) in [6, 6.07) is 6.96. The van der Waals surface area contributed by atoms with Gasteiger partial charge in [0, 0.05) is 6.04 Å². The van der Waals surface area contributed by atoms with E-state index < -0.39 is 24.1 Å². The van der Waals surface area contributed by atoms with Crippen LogP contribution >= 0.6 is 0 Å². The average Bonchev–Trinajstić information content (AvgIpc) is 2.37. The molecule has 0 radical (unpaired) electrons. The second-order valence-electron chi connectivity index (χ2n) is 5.48. The van der Waals surface area contributed by atoms with Gasteiger partial charge in [0.1, 0.15) is 0 Å². The molecule has 1 saturated carbocycles. The third-order valence-corrected chi connectivity index (χ3v) is 4.25. The Bertz CT molecular complexity index is 428. The molecule has 1 fully saturated rings. The van der Waals surface area contributed by atoms with Gasteiger partial charge in [0.2, 0.25) is 0 Å². The first-order valence-corrected chi connectivity index (χ1v) is 6.79. The molecule has 2 rings (SSSR count). The van der Waals surface area contributed by atoms with Gasteiger partial charge in [-0.05, 0) is 36.8 Å². The minimum atomic E-state index is -4.13. The van der Waals surface area contributed by atoms with Crippen LogP contribution in [0.25, 0.3) is 0 Å². The van der Waals surface area contributed by atoms with E-state index in [9.17, 15) is 13.2 Å². The highest BCUT2D eigenvalue weighted by Crippen LogP contribution is 2.46. The van der Waals surface area contributed by atoms with E-state index in [0.29, 0.717) is 12.8 Å². The van der Waals surface area contributed by atoms with Gasteiger partial charge < -0.3 is 5.73 Å². The minimum Gasteiger partial charge on any atom is -0.324 e. The molecule has 0 spiro atoms. The highest BCUT2D eigenvalue weighted by molar-refractivity contribution is 5.29. The summed E-state index contributed by atoms with van der Waals surface area (Å²) in [5.41, 5.74) is 7.98. The van der Waals surface area contributed by atoms with E-state index >= 15 is 0 Å². The molecule has 0 aromatic heterocycles.